The number of aromatic nitrogens is 4. The van der Waals surface area contributed by atoms with Gasteiger partial charge in [0.15, 0.2) is 17.8 Å². The largest absolute Gasteiger partial charge is 0.344 e. The van der Waals surface area contributed by atoms with Crippen molar-refractivity contribution in [2.45, 2.75) is 0 Å². The summed E-state index contributed by atoms with van der Waals surface area (Å²) in [5.41, 5.74) is 3.56. The molecule has 0 saturated carbocycles. The quantitative estimate of drug-likeness (QED) is 0.836. The van der Waals surface area contributed by atoms with Gasteiger partial charge in [0.2, 0.25) is 0 Å². The number of allylic oxidation sites excluding steroid dienone is 5. The van der Waals surface area contributed by atoms with Gasteiger partial charge in [-0.05, 0) is 12.2 Å². The summed E-state index contributed by atoms with van der Waals surface area (Å²) in [7, 11) is 0. The molecule has 0 spiro atoms. The highest BCUT2D eigenvalue weighted by Gasteiger charge is 2.17. The van der Waals surface area contributed by atoms with E-state index in [2.05, 4.69) is 55.6 Å². The maximum Gasteiger partial charge on any atom is 0.181 e. The van der Waals surface area contributed by atoms with Gasteiger partial charge in [-0.3, -0.25) is 0 Å². The van der Waals surface area contributed by atoms with Gasteiger partial charge in [-0.25, -0.2) is 15.0 Å². The molecule has 0 saturated heterocycles. The van der Waals surface area contributed by atoms with E-state index < -0.39 is 0 Å². The zero-order chi connectivity index (χ0) is 12.7. The molecular weight excluding hydrogens is 238 g/mol. The number of imidazole rings is 1. The van der Waals surface area contributed by atoms with E-state index in [1.165, 1.54) is 0 Å². The number of nitrogens with one attached hydrogen (secondary N) is 1. The Morgan fingerprint density at radius 2 is 2.26 bits per heavy atom. The molecule has 0 aromatic carbocycles. The molecule has 91 valence electrons. The second kappa shape index (κ2) is 3.91. The highest BCUT2D eigenvalue weighted by Crippen LogP contribution is 2.27. The molecule has 0 unspecified atom stereocenters. The van der Waals surface area contributed by atoms with Crippen LogP contribution in [0.1, 0.15) is 5.82 Å². The molecule has 2 aromatic heterocycles. The molecule has 2 aliphatic heterocycles. The highest BCUT2D eigenvalue weighted by atomic mass is 15.1. The van der Waals surface area contributed by atoms with Crippen LogP contribution < -0.4 is 0 Å². The van der Waals surface area contributed by atoms with E-state index in [1.54, 1.807) is 6.20 Å². The van der Waals surface area contributed by atoms with Gasteiger partial charge in [-0.15, -0.1) is 0 Å². The van der Waals surface area contributed by atoms with Crippen molar-refractivity contribution >= 4 is 16.7 Å². The molecule has 4 heterocycles. The van der Waals surface area contributed by atoms with Gasteiger partial charge in [-0.1, -0.05) is 18.2 Å². The van der Waals surface area contributed by atoms with E-state index in [-0.39, 0.29) is 0 Å². The van der Waals surface area contributed by atoms with E-state index in [4.69, 9.17) is 0 Å². The molecule has 2 aliphatic rings. The molecular formula is C14H10N5. The third kappa shape index (κ3) is 1.59. The lowest BCUT2D eigenvalue weighted by Crippen LogP contribution is -2.21. The van der Waals surface area contributed by atoms with Gasteiger partial charge in [-0.2, -0.15) is 0 Å². The van der Waals surface area contributed by atoms with Gasteiger partial charge in [0, 0.05) is 18.3 Å². The smallest absolute Gasteiger partial charge is 0.181 e. The molecule has 19 heavy (non-hydrogen) atoms. The Morgan fingerprint density at radius 1 is 1.26 bits per heavy atom. The molecule has 5 heteroatoms. The summed E-state index contributed by atoms with van der Waals surface area (Å²) in [6, 6.07) is 0. The zero-order valence-electron chi connectivity index (χ0n) is 10.0. The Kier molecular flexibility index (Phi) is 2.11. The van der Waals surface area contributed by atoms with Crippen LogP contribution in [-0.2, 0) is 0 Å². The standard InChI is InChI=1S/C14H10N5/c1-2-6-19-7-3-4-10(12(19)5-1)13-15-8-11-14(18-13)17-9-16-11/h1-6,8H,7H2,(H,15,16,17,18). The Labute approximate surface area is 109 Å². The van der Waals surface area contributed by atoms with Crippen LogP contribution >= 0.6 is 0 Å². The Morgan fingerprint density at radius 3 is 3.26 bits per heavy atom. The van der Waals surface area contributed by atoms with Crippen molar-refractivity contribution in [2.75, 3.05) is 6.54 Å². The van der Waals surface area contributed by atoms with Crippen molar-refractivity contribution in [3.05, 3.63) is 60.6 Å². The molecule has 0 amide bonds. The molecule has 4 rings (SSSR count). The number of fused-ring (bicyclic) bond motifs is 2. The minimum atomic E-state index is 0.638. The van der Waals surface area contributed by atoms with Crippen LogP contribution in [-0.4, -0.2) is 31.4 Å². The summed E-state index contributed by atoms with van der Waals surface area (Å²) in [6.45, 7) is 0.873. The number of nitrogens with zero attached hydrogens (tertiary/aromatic N) is 4. The molecule has 1 radical (unpaired) electrons. The second-order valence-corrected chi connectivity index (χ2v) is 4.33. The Hall–Kier alpha value is -2.69. The number of rotatable bonds is 1. The molecule has 0 fully saturated rings. The van der Waals surface area contributed by atoms with E-state index in [9.17, 15) is 0 Å². The minimum Gasteiger partial charge on any atom is -0.344 e. The fraction of sp³-hybridized carbons (Fsp3) is 0.0714. The SMILES string of the molecule is [c]1nc2nc(C3=C4C=CC=CN4CC=C3)ncc2[nH]1. The van der Waals surface area contributed by atoms with Crippen LogP contribution in [0.3, 0.4) is 0 Å². The maximum atomic E-state index is 4.47. The first-order chi connectivity index (χ1) is 9.42. The van der Waals surface area contributed by atoms with Crippen LogP contribution in [0.5, 0.6) is 0 Å². The fourth-order valence-corrected chi connectivity index (χ4v) is 2.26. The normalized spacial score (nSPS) is 17.4. The molecule has 1 N–H and O–H groups in total. The summed E-state index contributed by atoms with van der Waals surface area (Å²) in [4.78, 5) is 18.0. The lowest BCUT2D eigenvalue weighted by molar-refractivity contribution is 0.526. The Balaban J connectivity index is 1.90. The lowest BCUT2D eigenvalue weighted by Gasteiger charge is -2.27. The number of H-pyrrole nitrogens is 1. The van der Waals surface area contributed by atoms with Crippen LogP contribution in [0.25, 0.3) is 16.7 Å². The van der Waals surface area contributed by atoms with Crippen molar-refractivity contribution in [2.24, 2.45) is 0 Å². The van der Waals surface area contributed by atoms with Crippen molar-refractivity contribution in [1.82, 2.24) is 24.8 Å². The van der Waals surface area contributed by atoms with Crippen molar-refractivity contribution in [3.8, 4) is 0 Å². The van der Waals surface area contributed by atoms with E-state index in [0.717, 1.165) is 23.3 Å². The second-order valence-electron chi connectivity index (χ2n) is 4.33. The summed E-state index contributed by atoms with van der Waals surface area (Å²) in [6.07, 6.45) is 16.8. The summed E-state index contributed by atoms with van der Waals surface area (Å²) in [5.74, 6) is 0.684. The predicted molar refractivity (Wildman–Crippen MR) is 71.6 cm³/mol. The van der Waals surface area contributed by atoms with Crippen molar-refractivity contribution in [3.63, 3.8) is 0 Å². The van der Waals surface area contributed by atoms with E-state index in [1.807, 2.05) is 12.2 Å². The van der Waals surface area contributed by atoms with E-state index in [0.29, 0.717) is 11.5 Å². The lowest BCUT2D eigenvalue weighted by atomic mass is 10.1. The molecule has 0 atom stereocenters. The van der Waals surface area contributed by atoms with Gasteiger partial charge >= 0.3 is 0 Å². The average Bonchev–Trinajstić information content (AvgIpc) is 2.94. The maximum absolute atomic E-state index is 4.47. The first-order valence-electron chi connectivity index (χ1n) is 6.03. The first-order valence-corrected chi connectivity index (χ1v) is 6.03. The van der Waals surface area contributed by atoms with E-state index >= 15 is 0 Å². The summed E-state index contributed by atoms with van der Waals surface area (Å²) < 4.78 is 0. The van der Waals surface area contributed by atoms with Crippen LogP contribution in [0.4, 0.5) is 0 Å². The molecule has 0 aliphatic carbocycles. The van der Waals surface area contributed by atoms with Gasteiger partial charge in [0.05, 0.1) is 11.9 Å². The minimum absolute atomic E-state index is 0.638. The number of aromatic amines is 1. The number of hydrogen-bond acceptors (Lipinski definition) is 4. The van der Waals surface area contributed by atoms with Crippen LogP contribution in [0.15, 0.2) is 48.5 Å². The van der Waals surface area contributed by atoms with Crippen LogP contribution in [0, 0.1) is 6.33 Å². The fourth-order valence-electron chi connectivity index (χ4n) is 2.26. The van der Waals surface area contributed by atoms with Crippen LogP contribution in [0.2, 0.25) is 0 Å². The average molecular weight is 248 g/mol. The molecule has 0 bridgehead atoms. The van der Waals surface area contributed by atoms with Gasteiger partial charge in [0.1, 0.15) is 5.52 Å². The first kappa shape index (κ1) is 10.3. The zero-order valence-corrected chi connectivity index (χ0v) is 10.0. The molecule has 2 aromatic rings. The predicted octanol–water partition coefficient (Wildman–Crippen LogP) is 1.82. The topological polar surface area (TPSA) is 57.7 Å². The van der Waals surface area contributed by atoms with Crippen molar-refractivity contribution < 1.29 is 0 Å². The van der Waals surface area contributed by atoms with Gasteiger partial charge in [0.25, 0.3) is 0 Å². The van der Waals surface area contributed by atoms with Crippen molar-refractivity contribution in [1.29, 1.82) is 0 Å². The monoisotopic (exact) mass is 248 g/mol. The number of hydrogen-bond donors (Lipinski definition) is 1. The third-order valence-corrected chi connectivity index (χ3v) is 3.17. The summed E-state index contributed by atoms with van der Waals surface area (Å²) in [5, 5.41) is 0. The summed E-state index contributed by atoms with van der Waals surface area (Å²) >= 11 is 0. The van der Waals surface area contributed by atoms with Gasteiger partial charge < -0.3 is 9.88 Å². The highest BCUT2D eigenvalue weighted by molar-refractivity contribution is 5.79. The molecule has 5 nitrogen and oxygen atoms in total. The third-order valence-electron chi connectivity index (χ3n) is 3.17. The Bertz CT molecular complexity index is 763.